The lowest BCUT2D eigenvalue weighted by molar-refractivity contribution is 0.198. The molecule has 1 fully saturated rings. The van der Waals surface area contributed by atoms with Crippen LogP contribution in [0.15, 0.2) is 47.8 Å². The fraction of sp³-hybridized carbons (Fsp3) is 0.412. The van der Waals surface area contributed by atoms with Gasteiger partial charge in [-0.25, -0.2) is 9.97 Å². The van der Waals surface area contributed by atoms with Crippen LogP contribution < -0.4 is 0 Å². The van der Waals surface area contributed by atoms with Crippen LogP contribution in [0.1, 0.15) is 30.0 Å². The van der Waals surface area contributed by atoms with Gasteiger partial charge in [-0.3, -0.25) is 4.90 Å². The molecular weight excluding hydrogens is 278 g/mol. The number of benzene rings is 1. The van der Waals surface area contributed by atoms with Crippen molar-refractivity contribution in [2.75, 3.05) is 19.3 Å². The van der Waals surface area contributed by atoms with Gasteiger partial charge < -0.3 is 0 Å². The molecule has 1 aliphatic rings. The number of hydrogen-bond donors (Lipinski definition) is 0. The van der Waals surface area contributed by atoms with Gasteiger partial charge in [-0.1, -0.05) is 12.1 Å². The monoisotopic (exact) mass is 299 g/mol. The first kappa shape index (κ1) is 14.5. The molecule has 3 nitrogen and oxygen atoms in total. The summed E-state index contributed by atoms with van der Waals surface area (Å²) >= 11 is 1.79. The van der Waals surface area contributed by atoms with Gasteiger partial charge in [0.1, 0.15) is 6.33 Å². The number of piperidine rings is 1. The van der Waals surface area contributed by atoms with E-state index in [0.717, 1.165) is 13.1 Å². The highest BCUT2D eigenvalue weighted by molar-refractivity contribution is 7.98. The lowest BCUT2D eigenvalue weighted by Crippen LogP contribution is -2.34. The van der Waals surface area contributed by atoms with Gasteiger partial charge in [-0.05, 0) is 49.4 Å². The maximum atomic E-state index is 4.43. The number of nitrogens with zero attached hydrogens (tertiary/aromatic N) is 3. The van der Waals surface area contributed by atoms with Crippen molar-refractivity contribution < 1.29 is 0 Å². The molecule has 0 bridgehead atoms. The molecule has 1 saturated heterocycles. The fourth-order valence-corrected chi connectivity index (χ4v) is 3.38. The molecule has 0 radical (unpaired) electrons. The van der Waals surface area contributed by atoms with Crippen molar-refractivity contribution in [3.05, 3.63) is 54.1 Å². The Bertz CT molecular complexity index is 556. The molecule has 3 rings (SSSR count). The Morgan fingerprint density at radius 3 is 2.81 bits per heavy atom. The summed E-state index contributed by atoms with van der Waals surface area (Å²) in [4.78, 5) is 12.3. The van der Waals surface area contributed by atoms with E-state index >= 15 is 0 Å². The Morgan fingerprint density at radius 2 is 2.10 bits per heavy atom. The summed E-state index contributed by atoms with van der Waals surface area (Å²) in [6, 6.07) is 11.0. The van der Waals surface area contributed by atoms with Crippen LogP contribution in [0.4, 0.5) is 0 Å². The Balaban J connectivity index is 1.63. The number of hydrogen-bond acceptors (Lipinski definition) is 4. The molecule has 4 heteroatoms. The van der Waals surface area contributed by atoms with Crippen molar-refractivity contribution >= 4 is 11.8 Å². The average Bonchev–Trinajstić information content (AvgIpc) is 2.57. The van der Waals surface area contributed by atoms with E-state index in [1.165, 1.54) is 35.5 Å². The van der Waals surface area contributed by atoms with E-state index < -0.39 is 0 Å². The molecule has 0 saturated carbocycles. The summed E-state index contributed by atoms with van der Waals surface area (Å²) in [5, 5.41) is 0. The Kier molecular flexibility index (Phi) is 4.88. The largest absolute Gasteiger partial charge is 0.298 e. The molecule has 110 valence electrons. The van der Waals surface area contributed by atoms with Gasteiger partial charge in [0.25, 0.3) is 0 Å². The second-order valence-corrected chi connectivity index (χ2v) is 6.44. The predicted molar refractivity (Wildman–Crippen MR) is 87.5 cm³/mol. The van der Waals surface area contributed by atoms with Gasteiger partial charge in [0.2, 0.25) is 0 Å². The van der Waals surface area contributed by atoms with Crippen LogP contribution in [0.25, 0.3) is 0 Å². The van der Waals surface area contributed by atoms with Gasteiger partial charge in [-0.15, -0.1) is 11.8 Å². The van der Waals surface area contributed by atoms with E-state index in [0.29, 0.717) is 5.92 Å². The maximum absolute atomic E-state index is 4.43. The first-order valence-electron chi connectivity index (χ1n) is 7.46. The molecule has 2 heterocycles. The highest BCUT2D eigenvalue weighted by Crippen LogP contribution is 2.26. The minimum absolute atomic E-state index is 0.548. The maximum Gasteiger partial charge on any atom is 0.115 e. The molecule has 0 spiro atoms. The highest BCUT2D eigenvalue weighted by atomic mass is 32.2. The molecule has 1 aromatic carbocycles. The molecule has 0 N–H and O–H groups in total. The van der Waals surface area contributed by atoms with Crippen LogP contribution in [0.2, 0.25) is 0 Å². The molecule has 1 aromatic heterocycles. The lowest BCUT2D eigenvalue weighted by atomic mass is 9.94. The summed E-state index contributed by atoms with van der Waals surface area (Å²) in [6.45, 7) is 3.32. The highest BCUT2D eigenvalue weighted by Gasteiger charge is 2.22. The molecule has 1 aliphatic heterocycles. The zero-order chi connectivity index (χ0) is 14.5. The van der Waals surface area contributed by atoms with Gasteiger partial charge >= 0.3 is 0 Å². The molecular formula is C17H21N3S. The number of thioether (sulfide) groups is 1. The van der Waals surface area contributed by atoms with Crippen molar-refractivity contribution in [2.24, 2.45) is 0 Å². The molecule has 21 heavy (non-hydrogen) atoms. The summed E-state index contributed by atoms with van der Waals surface area (Å²) in [5.74, 6) is 0.548. The third-order valence-corrected chi connectivity index (χ3v) is 4.84. The molecule has 0 aliphatic carbocycles. The van der Waals surface area contributed by atoms with Crippen molar-refractivity contribution in [3.8, 4) is 0 Å². The first-order chi connectivity index (χ1) is 10.3. The van der Waals surface area contributed by atoms with Crippen LogP contribution >= 0.6 is 11.8 Å². The van der Waals surface area contributed by atoms with E-state index in [1.54, 1.807) is 18.1 Å². The van der Waals surface area contributed by atoms with Crippen LogP contribution in [-0.2, 0) is 6.54 Å². The third-order valence-electron chi connectivity index (χ3n) is 4.09. The van der Waals surface area contributed by atoms with E-state index in [2.05, 4.69) is 51.5 Å². The third kappa shape index (κ3) is 3.83. The van der Waals surface area contributed by atoms with Crippen LogP contribution in [0, 0.1) is 0 Å². The van der Waals surface area contributed by atoms with E-state index in [4.69, 9.17) is 0 Å². The van der Waals surface area contributed by atoms with Gasteiger partial charge in [0, 0.05) is 35.8 Å². The fourth-order valence-electron chi connectivity index (χ4n) is 2.97. The zero-order valence-electron chi connectivity index (χ0n) is 12.4. The predicted octanol–water partition coefficient (Wildman–Crippen LogP) is 3.58. The van der Waals surface area contributed by atoms with Crippen molar-refractivity contribution in [1.29, 1.82) is 0 Å². The summed E-state index contributed by atoms with van der Waals surface area (Å²) in [5.41, 5.74) is 2.59. The minimum atomic E-state index is 0.548. The normalized spacial score (nSPS) is 19.6. The summed E-state index contributed by atoms with van der Waals surface area (Å²) < 4.78 is 0. The molecule has 0 unspecified atom stereocenters. The Labute approximate surface area is 130 Å². The quantitative estimate of drug-likeness (QED) is 0.807. The van der Waals surface area contributed by atoms with Gasteiger partial charge in [-0.2, -0.15) is 0 Å². The van der Waals surface area contributed by atoms with Crippen molar-refractivity contribution in [2.45, 2.75) is 30.2 Å². The summed E-state index contributed by atoms with van der Waals surface area (Å²) in [6.07, 6.45) is 8.11. The number of aromatic nitrogens is 2. The van der Waals surface area contributed by atoms with Crippen LogP contribution in [-0.4, -0.2) is 34.2 Å². The summed E-state index contributed by atoms with van der Waals surface area (Å²) in [7, 11) is 0. The lowest BCUT2D eigenvalue weighted by Gasteiger charge is -2.32. The van der Waals surface area contributed by atoms with Gasteiger partial charge in [0.15, 0.2) is 0 Å². The van der Waals surface area contributed by atoms with E-state index in [9.17, 15) is 0 Å². The number of likely N-dealkylation sites (tertiary alicyclic amines) is 1. The van der Waals surface area contributed by atoms with Crippen LogP contribution in [0.5, 0.6) is 0 Å². The van der Waals surface area contributed by atoms with Gasteiger partial charge in [0.05, 0.1) is 0 Å². The molecule has 1 atom stereocenters. The number of rotatable bonds is 4. The SMILES string of the molecule is CSc1ccc(CN2CCC[C@@H](c3ccncn3)C2)cc1. The van der Waals surface area contributed by atoms with Crippen molar-refractivity contribution in [1.82, 2.24) is 14.9 Å². The average molecular weight is 299 g/mol. The van der Waals surface area contributed by atoms with Crippen LogP contribution in [0.3, 0.4) is 0 Å². The zero-order valence-corrected chi connectivity index (χ0v) is 13.2. The molecule has 2 aromatic rings. The molecule has 0 amide bonds. The van der Waals surface area contributed by atoms with E-state index in [-0.39, 0.29) is 0 Å². The minimum Gasteiger partial charge on any atom is -0.298 e. The Hall–Kier alpha value is -1.39. The van der Waals surface area contributed by atoms with Crippen molar-refractivity contribution in [3.63, 3.8) is 0 Å². The standard InChI is InChI=1S/C17H21N3S/c1-21-16-6-4-14(5-7-16)11-20-10-2-3-15(12-20)17-8-9-18-13-19-17/h4-9,13,15H,2-3,10-12H2,1H3/t15-/m1/s1. The first-order valence-corrected chi connectivity index (χ1v) is 8.69. The smallest absolute Gasteiger partial charge is 0.115 e. The van der Waals surface area contributed by atoms with E-state index in [1.807, 2.05) is 6.20 Å². The second kappa shape index (κ2) is 7.05. The second-order valence-electron chi connectivity index (χ2n) is 5.56. The Morgan fingerprint density at radius 1 is 1.24 bits per heavy atom. The topological polar surface area (TPSA) is 29.0 Å².